The lowest BCUT2D eigenvalue weighted by Crippen LogP contribution is -2.23. The maximum absolute atomic E-state index is 12.5. The highest BCUT2D eigenvalue weighted by atomic mass is 127. The van der Waals surface area contributed by atoms with Gasteiger partial charge in [0.25, 0.3) is 11.6 Å². The number of benzene rings is 3. The van der Waals surface area contributed by atoms with Gasteiger partial charge in [-0.2, -0.15) is 5.26 Å². The lowest BCUT2D eigenvalue weighted by molar-refractivity contribution is -0.384. The van der Waals surface area contributed by atoms with Gasteiger partial charge in [-0.25, -0.2) is 0 Å². The van der Waals surface area contributed by atoms with Crippen molar-refractivity contribution in [3.63, 3.8) is 0 Å². The Labute approximate surface area is 210 Å². The Bertz CT molecular complexity index is 1270. The molecule has 0 atom stereocenters. The van der Waals surface area contributed by atoms with Crippen LogP contribution in [0.4, 0.5) is 5.69 Å². The minimum Gasteiger partial charge on any atom is -0.493 e. The highest BCUT2D eigenvalue weighted by Crippen LogP contribution is 2.35. The molecule has 0 aliphatic rings. The smallest absolute Gasteiger partial charge is 0.269 e. The first kappa shape index (κ1) is 24.7. The van der Waals surface area contributed by atoms with Crippen molar-refractivity contribution in [2.45, 2.75) is 13.2 Å². The molecule has 34 heavy (non-hydrogen) atoms. The van der Waals surface area contributed by atoms with Gasteiger partial charge in [0.2, 0.25) is 0 Å². The average Bonchev–Trinajstić information content (AvgIpc) is 2.85. The number of rotatable bonds is 9. The third-order valence-electron chi connectivity index (χ3n) is 4.73. The van der Waals surface area contributed by atoms with Gasteiger partial charge in [0.05, 0.1) is 15.6 Å². The monoisotopic (exact) mass is 569 g/mol. The predicted octanol–water partition coefficient (Wildman–Crippen LogP) is 5.01. The zero-order valence-electron chi connectivity index (χ0n) is 18.2. The van der Waals surface area contributed by atoms with Crippen LogP contribution in [0.3, 0.4) is 0 Å². The summed E-state index contributed by atoms with van der Waals surface area (Å²) in [5.74, 6) is 0.385. The molecule has 0 saturated carbocycles. The van der Waals surface area contributed by atoms with E-state index in [9.17, 15) is 20.2 Å². The van der Waals surface area contributed by atoms with Crippen molar-refractivity contribution in [2.24, 2.45) is 0 Å². The van der Waals surface area contributed by atoms with Crippen LogP contribution in [0.25, 0.3) is 6.08 Å². The molecule has 3 aromatic carbocycles. The van der Waals surface area contributed by atoms with Crippen LogP contribution in [-0.2, 0) is 17.9 Å². The van der Waals surface area contributed by atoms with E-state index < -0.39 is 10.8 Å². The van der Waals surface area contributed by atoms with Gasteiger partial charge in [0.15, 0.2) is 11.5 Å². The van der Waals surface area contributed by atoms with Gasteiger partial charge in [-0.3, -0.25) is 14.9 Å². The number of nitriles is 1. The van der Waals surface area contributed by atoms with Crippen molar-refractivity contribution in [1.29, 1.82) is 5.26 Å². The van der Waals surface area contributed by atoms with Crippen LogP contribution in [0, 0.1) is 25.0 Å². The van der Waals surface area contributed by atoms with Gasteiger partial charge in [-0.15, -0.1) is 0 Å². The van der Waals surface area contributed by atoms with E-state index in [1.807, 2.05) is 36.4 Å². The number of methoxy groups -OCH3 is 1. The lowest BCUT2D eigenvalue weighted by atomic mass is 10.1. The number of nitrogens with zero attached hydrogens (tertiary/aromatic N) is 2. The van der Waals surface area contributed by atoms with Gasteiger partial charge < -0.3 is 14.8 Å². The summed E-state index contributed by atoms with van der Waals surface area (Å²) in [7, 11) is 1.48. The highest BCUT2D eigenvalue weighted by molar-refractivity contribution is 14.1. The molecule has 0 saturated heterocycles. The van der Waals surface area contributed by atoms with Crippen LogP contribution >= 0.6 is 22.6 Å². The third-order valence-corrected chi connectivity index (χ3v) is 5.53. The molecule has 3 aromatic rings. The maximum atomic E-state index is 12.5. The number of carbonyl (C=O) groups excluding carboxylic acids is 1. The summed E-state index contributed by atoms with van der Waals surface area (Å²) in [6.07, 6.45) is 1.48. The minimum atomic E-state index is -0.480. The number of nitro groups is 1. The quantitative estimate of drug-likeness (QED) is 0.127. The van der Waals surface area contributed by atoms with E-state index in [1.165, 1.54) is 25.3 Å². The Balaban J connectivity index is 1.76. The summed E-state index contributed by atoms with van der Waals surface area (Å²) in [6.45, 7) is 0.415. The topological polar surface area (TPSA) is 114 Å². The Morgan fingerprint density at radius 2 is 1.88 bits per heavy atom. The standard InChI is InChI=1S/C25H20IN3O5/c1-33-23-13-19(10-20(14-27)25(30)28-15-17-6-3-2-4-7-17)12-22(26)24(23)34-16-18-8-5-9-21(11-18)29(31)32/h2-13H,15-16H2,1H3,(H,28,30)/b20-10-. The van der Waals surface area contributed by atoms with Crippen molar-refractivity contribution in [2.75, 3.05) is 7.11 Å². The number of non-ortho nitro benzene ring substituents is 1. The molecule has 1 amide bonds. The van der Waals surface area contributed by atoms with Crippen LogP contribution in [0.15, 0.2) is 72.3 Å². The van der Waals surface area contributed by atoms with Crippen molar-refractivity contribution >= 4 is 40.3 Å². The molecule has 0 unspecified atom stereocenters. The van der Waals surface area contributed by atoms with Gasteiger partial charge in [0, 0.05) is 18.7 Å². The summed E-state index contributed by atoms with van der Waals surface area (Å²) in [6, 6.07) is 21.0. The summed E-state index contributed by atoms with van der Waals surface area (Å²) in [5, 5.41) is 23.2. The molecular weight excluding hydrogens is 549 g/mol. The number of nitrogens with one attached hydrogen (secondary N) is 1. The fourth-order valence-corrected chi connectivity index (χ4v) is 3.85. The third kappa shape index (κ3) is 6.55. The molecule has 0 spiro atoms. The van der Waals surface area contributed by atoms with Crippen molar-refractivity contribution < 1.29 is 19.2 Å². The first-order chi connectivity index (χ1) is 16.4. The van der Waals surface area contributed by atoms with Gasteiger partial charge >= 0.3 is 0 Å². The SMILES string of the molecule is COc1cc(/C=C(/C#N)C(=O)NCc2ccccc2)cc(I)c1OCc1cccc([N+](=O)[O-])c1. The second-order valence-electron chi connectivity index (χ2n) is 7.09. The molecule has 8 nitrogen and oxygen atoms in total. The van der Waals surface area contributed by atoms with Crippen LogP contribution < -0.4 is 14.8 Å². The molecule has 3 rings (SSSR count). The molecule has 0 aliphatic heterocycles. The van der Waals surface area contributed by atoms with Gasteiger partial charge in [0.1, 0.15) is 18.2 Å². The first-order valence-corrected chi connectivity index (χ1v) is 11.2. The molecule has 0 bridgehead atoms. The fourth-order valence-electron chi connectivity index (χ4n) is 3.07. The Morgan fingerprint density at radius 3 is 2.56 bits per heavy atom. The Kier molecular flexibility index (Phi) is 8.59. The first-order valence-electron chi connectivity index (χ1n) is 10.1. The van der Waals surface area contributed by atoms with E-state index in [0.717, 1.165) is 5.56 Å². The van der Waals surface area contributed by atoms with Crippen molar-refractivity contribution in [3.8, 4) is 17.6 Å². The molecule has 0 aliphatic carbocycles. The van der Waals surface area contributed by atoms with Crippen LogP contribution in [0.1, 0.15) is 16.7 Å². The van der Waals surface area contributed by atoms with Crippen molar-refractivity contribution in [1.82, 2.24) is 5.32 Å². The highest BCUT2D eigenvalue weighted by Gasteiger charge is 2.15. The van der Waals surface area contributed by atoms with Crippen molar-refractivity contribution in [3.05, 3.63) is 103 Å². The molecule has 0 aromatic heterocycles. The second kappa shape index (κ2) is 11.8. The van der Waals surface area contributed by atoms with Gasteiger partial charge in [-0.05, 0) is 57.5 Å². The molecule has 0 heterocycles. The van der Waals surface area contributed by atoms with Crippen LogP contribution in [-0.4, -0.2) is 17.9 Å². The largest absolute Gasteiger partial charge is 0.493 e. The fraction of sp³-hybridized carbons (Fsp3) is 0.120. The number of hydrogen-bond acceptors (Lipinski definition) is 6. The average molecular weight is 569 g/mol. The molecular formula is C25H20IN3O5. The molecule has 1 N–H and O–H groups in total. The van der Waals surface area contributed by atoms with Crippen LogP contribution in [0.2, 0.25) is 0 Å². The Morgan fingerprint density at radius 1 is 1.15 bits per heavy atom. The van der Waals surface area contributed by atoms with E-state index >= 15 is 0 Å². The lowest BCUT2D eigenvalue weighted by Gasteiger charge is -2.14. The molecule has 0 radical (unpaired) electrons. The van der Waals surface area contributed by atoms with E-state index in [4.69, 9.17) is 9.47 Å². The van der Waals surface area contributed by atoms with E-state index in [-0.39, 0.29) is 17.9 Å². The molecule has 9 heteroatoms. The molecule has 0 fully saturated rings. The number of halogens is 1. The summed E-state index contributed by atoms with van der Waals surface area (Å²) in [4.78, 5) is 23.0. The van der Waals surface area contributed by atoms with E-state index in [2.05, 4.69) is 27.9 Å². The predicted molar refractivity (Wildman–Crippen MR) is 135 cm³/mol. The normalized spacial score (nSPS) is 10.8. The Hall–Kier alpha value is -3.91. The zero-order valence-corrected chi connectivity index (χ0v) is 20.3. The number of ether oxygens (including phenoxy) is 2. The second-order valence-corrected chi connectivity index (χ2v) is 8.25. The number of nitro benzene ring substituents is 1. The zero-order chi connectivity index (χ0) is 24.5. The molecule has 172 valence electrons. The number of amides is 1. The maximum Gasteiger partial charge on any atom is 0.269 e. The van der Waals surface area contributed by atoms with Crippen LogP contribution in [0.5, 0.6) is 11.5 Å². The number of hydrogen-bond donors (Lipinski definition) is 1. The summed E-state index contributed by atoms with van der Waals surface area (Å²) >= 11 is 2.07. The van der Waals surface area contributed by atoms with E-state index in [0.29, 0.717) is 32.7 Å². The minimum absolute atomic E-state index is 0.0159. The van der Waals surface area contributed by atoms with E-state index in [1.54, 1.807) is 24.3 Å². The summed E-state index contributed by atoms with van der Waals surface area (Å²) < 4.78 is 12.0. The van der Waals surface area contributed by atoms with Gasteiger partial charge in [-0.1, -0.05) is 42.5 Å². The summed E-state index contributed by atoms with van der Waals surface area (Å²) in [5.41, 5.74) is 2.10. The number of carbonyl (C=O) groups is 1.